The number of amides is 2. The average Bonchev–Trinajstić information content (AvgIpc) is 3.44. The Morgan fingerprint density at radius 2 is 2.06 bits per heavy atom. The highest BCUT2D eigenvalue weighted by Gasteiger charge is 2.20. The van der Waals surface area contributed by atoms with Crippen molar-refractivity contribution in [2.75, 3.05) is 19.0 Å². The van der Waals surface area contributed by atoms with Crippen molar-refractivity contribution in [3.63, 3.8) is 0 Å². The molecule has 9 heteroatoms. The summed E-state index contributed by atoms with van der Waals surface area (Å²) in [6.45, 7) is 6.32. The van der Waals surface area contributed by atoms with Crippen LogP contribution in [0.5, 0.6) is 5.75 Å². The maximum absolute atomic E-state index is 11.9. The normalized spacial score (nSPS) is 11.6. The zero-order valence-electron chi connectivity index (χ0n) is 19.1. The highest BCUT2D eigenvalue weighted by atomic mass is 16.5. The number of H-pyrrole nitrogens is 1. The number of benzene rings is 2. The Morgan fingerprint density at radius 1 is 1.24 bits per heavy atom. The summed E-state index contributed by atoms with van der Waals surface area (Å²) in [5, 5.41) is 20.4. The van der Waals surface area contributed by atoms with Gasteiger partial charge < -0.3 is 20.1 Å². The summed E-state index contributed by atoms with van der Waals surface area (Å²) in [7, 11) is 1.66. The molecule has 0 saturated heterocycles. The molecule has 4 rings (SSSR count). The van der Waals surface area contributed by atoms with E-state index in [1.165, 1.54) is 0 Å². The lowest BCUT2D eigenvalue weighted by molar-refractivity contribution is 0.0227. The Hall–Kier alpha value is -3.85. The van der Waals surface area contributed by atoms with Crippen LogP contribution in [-0.2, 0) is 11.2 Å². The van der Waals surface area contributed by atoms with Crippen LogP contribution >= 0.6 is 0 Å². The van der Waals surface area contributed by atoms with Gasteiger partial charge in [-0.15, -0.1) is 0 Å². The lowest BCUT2D eigenvalue weighted by Crippen LogP contribution is -2.28. The monoisotopic (exact) mass is 448 g/mol. The molecule has 9 nitrogen and oxygen atoms in total. The number of aromatic hydroxyl groups is 1. The first-order chi connectivity index (χ1) is 15.8. The van der Waals surface area contributed by atoms with E-state index in [4.69, 9.17) is 4.74 Å². The van der Waals surface area contributed by atoms with Crippen LogP contribution in [0.15, 0.2) is 48.8 Å². The number of anilines is 1. The molecule has 0 unspecified atom stereocenters. The Kier molecular flexibility index (Phi) is 6.06. The number of hydrogen-bond donors (Lipinski definition) is 4. The molecule has 0 aliphatic carbocycles. The van der Waals surface area contributed by atoms with Crippen LogP contribution in [-0.4, -0.2) is 50.1 Å². The van der Waals surface area contributed by atoms with Gasteiger partial charge in [0.15, 0.2) is 0 Å². The third kappa shape index (κ3) is 4.83. The standard InChI is InChI=1S/C24H28N6O3/c1-5-25-23(32)29-22-27-18-11-17(12-19(21(18)28-22)30-10-6-9-26-30)15-7-8-16(20(31)13-15)14-24(2,3)33-4/h6-13,31H,5,14H2,1-4H3,(H3,25,27,28,29,32). The molecule has 2 aromatic carbocycles. The zero-order chi connectivity index (χ0) is 23.6. The van der Waals surface area contributed by atoms with Crippen molar-refractivity contribution in [3.05, 3.63) is 54.4 Å². The van der Waals surface area contributed by atoms with E-state index in [2.05, 4.69) is 25.7 Å². The molecule has 0 radical (unpaired) electrons. The van der Waals surface area contributed by atoms with E-state index in [-0.39, 0.29) is 17.4 Å². The van der Waals surface area contributed by atoms with Crippen molar-refractivity contribution in [1.82, 2.24) is 25.1 Å². The second-order valence-corrected chi connectivity index (χ2v) is 8.40. The third-order valence-electron chi connectivity index (χ3n) is 5.47. The van der Waals surface area contributed by atoms with Gasteiger partial charge in [-0.25, -0.2) is 14.5 Å². The van der Waals surface area contributed by atoms with Crippen LogP contribution in [0.4, 0.5) is 10.7 Å². The number of carbonyl (C=O) groups excluding carboxylic acids is 1. The number of phenols is 1. The number of imidazole rings is 1. The molecular weight excluding hydrogens is 420 g/mol. The van der Waals surface area contributed by atoms with E-state index < -0.39 is 0 Å². The minimum Gasteiger partial charge on any atom is -0.508 e. The second kappa shape index (κ2) is 8.95. The molecule has 0 aliphatic heterocycles. The third-order valence-corrected chi connectivity index (χ3v) is 5.47. The molecule has 4 aromatic rings. The molecule has 2 heterocycles. The van der Waals surface area contributed by atoms with Gasteiger partial charge in [0.1, 0.15) is 11.3 Å². The van der Waals surface area contributed by atoms with Gasteiger partial charge in [0.2, 0.25) is 5.95 Å². The quantitative estimate of drug-likeness (QED) is 0.338. The molecule has 0 bridgehead atoms. The summed E-state index contributed by atoms with van der Waals surface area (Å²) in [5.41, 5.74) is 4.29. The van der Waals surface area contributed by atoms with Crippen LogP contribution in [0.2, 0.25) is 0 Å². The van der Waals surface area contributed by atoms with Crippen LogP contribution in [0.3, 0.4) is 0 Å². The van der Waals surface area contributed by atoms with Crippen molar-refractivity contribution >= 4 is 23.0 Å². The molecule has 0 aliphatic rings. The Balaban J connectivity index is 1.77. The lowest BCUT2D eigenvalue weighted by atomic mass is 9.95. The van der Waals surface area contributed by atoms with Gasteiger partial charge in [-0.3, -0.25) is 5.32 Å². The van der Waals surface area contributed by atoms with Crippen molar-refractivity contribution in [2.45, 2.75) is 32.8 Å². The maximum atomic E-state index is 11.9. The minimum absolute atomic E-state index is 0.210. The first-order valence-corrected chi connectivity index (χ1v) is 10.8. The second-order valence-electron chi connectivity index (χ2n) is 8.40. The fraction of sp³-hybridized carbons (Fsp3) is 0.292. The highest BCUT2D eigenvalue weighted by Crippen LogP contribution is 2.33. The summed E-state index contributed by atoms with van der Waals surface area (Å²) >= 11 is 0. The van der Waals surface area contributed by atoms with Gasteiger partial charge in [-0.2, -0.15) is 5.10 Å². The highest BCUT2D eigenvalue weighted by molar-refractivity contribution is 5.94. The zero-order valence-corrected chi connectivity index (χ0v) is 19.1. The smallest absolute Gasteiger partial charge is 0.321 e. The minimum atomic E-state index is -0.380. The van der Waals surface area contributed by atoms with Crippen molar-refractivity contribution in [2.24, 2.45) is 0 Å². The molecule has 33 heavy (non-hydrogen) atoms. The first kappa shape index (κ1) is 22.3. The Labute approximate surface area is 191 Å². The van der Waals surface area contributed by atoms with Gasteiger partial charge in [-0.1, -0.05) is 12.1 Å². The van der Waals surface area contributed by atoms with Gasteiger partial charge in [0.05, 0.1) is 16.8 Å². The summed E-state index contributed by atoms with van der Waals surface area (Å²) < 4.78 is 7.22. The van der Waals surface area contributed by atoms with Crippen molar-refractivity contribution in [1.29, 1.82) is 0 Å². The molecule has 0 spiro atoms. The number of methoxy groups -OCH3 is 1. The van der Waals surface area contributed by atoms with Crippen LogP contribution in [0, 0.1) is 0 Å². The van der Waals surface area contributed by atoms with Crippen LogP contribution < -0.4 is 10.6 Å². The maximum Gasteiger partial charge on any atom is 0.321 e. The van der Waals surface area contributed by atoms with Crippen molar-refractivity contribution < 1.29 is 14.6 Å². The Bertz CT molecular complexity index is 1280. The van der Waals surface area contributed by atoms with Crippen LogP contribution in [0.25, 0.3) is 27.8 Å². The molecule has 2 amide bonds. The predicted molar refractivity (Wildman–Crippen MR) is 128 cm³/mol. The molecule has 172 valence electrons. The van der Waals surface area contributed by atoms with Gasteiger partial charge >= 0.3 is 6.03 Å². The fourth-order valence-corrected chi connectivity index (χ4v) is 3.65. The number of ether oxygens (including phenoxy) is 1. The first-order valence-electron chi connectivity index (χ1n) is 10.8. The summed E-state index contributed by atoms with van der Waals surface area (Å²) in [5.74, 6) is 0.545. The molecular formula is C24H28N6O3. The van der Waals surface area contributed by atoms with E-state index in [9.17, 15) is 9.90 Å². The number of fused-ring (bicyclic) bond motifs is 1. The molecule has 2 aromatic heterocycles. The topological polar surface area (TPSA) is 117 Å². The number of hydrogen-bond acceptors (Lipinski definition) is 5. The van der Waals surface area contributed by atoms with E-state index in [1.54, 1.807) is 24.1 Å². The summed E-state index contributed by atoms with van der Waals surface area (Å²) in [6.07, 6.45) is 4.11. The molecule has 4 N–H and O–H groups in total. The molecule has 0 saturated carbocycles. The van der Waals surface area contributed by atoms with E-state index in [0.29, 0.717) is 24.4 Å². The SMILES string of the molecule is CCNC(=O)Nc1nc2c(-n3cccn3)cc(-c3ccc(CC(C)(C)OC)c(O)c3)cc2[nH]1. The number of aromatic amines is 1. The van der Waals surface area contributed by atoms with E-state index in [1.807, 2.05) is 57.3 Å². The Morgan fingerprint density at radius 3 is 2.73 bits per heavy atom. The number of aromatic nitrogens is 4. The number of nitrogens with one attached hydrogen (secondary N) is 3. The van der Waals surface area contributed by atoms with Gasteiger partial charge in [-0.05, 0) is 61.7 Å². The van der Waals surface area contributed by atoms with Crippen LogP contribution in [0.1, 0.15) is 26.3 Å². The van der Waals surface area contributed by atoms with E-state index >= 15 is 0 Å². The average molecular weight is 449 g/mol. The predicted octanol–water partition coefficient (Wildman–Crippen LogP) is 4.23. The molecule has 0 fully saturated rings. The number of phenolic OH excluding ortho intramolecular Hbond substituents is 1. The summed E-state index contributed by atoms with van der Waals surface area (Å²) in [6, 6.07) is 11.0. The number of carbonyl (C=O) groups is 1. The summed E-state index contributed by atoms with van der Waals surface area (Å²) in [4.78, 5) is 19.7. The number of nitrogens with zero attached hydrogens (tertiary/aromatic N) is 3. The lowest BCUT2D eigenvalue weighted by Gasteiger charge is -2.23. The molecule has 0 atom stereocenters. The van der Waals surface area contributed by atoms with Gasteiger partial charge in [0, 0.05) is 32.5 Å². The largest absolute Gasteiger partial charge is 0.508 e. The number of rotatable bonds is 7. The fourth-order valence-electron chi connectivity index (χ4n) is 3.65. The van der Waals surface area contributed by atoms with Gasteiger partial charge in [0.25, 0.3) is 0 Å². The van der Waals surface area contributed by atoms with E-state index in [0.717, 1.165) is 27.9 Å². The van der Waals surface area contributed by atoms with Crippen molar-refractivity contribution in [3.8, 4) is 22.6 Å². The number of urea groups is 1.